The second kappa shape index (κ2) is 6.73. The van der Waals surface area contributed by atoms with Crippen molar-refractivity contribution in [1.82, 2.24) is 10.6 Å². The first-order valence-electron chi connectivity index (χ1n) is 2.81. The second-order valence-electron chi connectivity index (χ2n) is 1.70. The van der Waals surface area contributed by atoms with Gasteiger partial charge >= 0.3 is 16.1 Å². The molecule has 6 nitrogen and oxygen atoms in total. The Kier molecular flexibility index (Phi) is 6.76. The molecule has 64 valence electrons. The second-order valence-corrected chi connectivity index (χ2v) is 3.74. The zero-order valence-corrected chi connectivity index (χ0v) is 7.52. The molecular formula is C3H10N2O4P2+2. The summed E-state index contributed by atoms with van der Waals surface area (Å²) in [6, 6.07) is 0. The minimum Gasteiger partial charge on any atom is -0.261 e. The predicted octanol–water partition coefficient (Wildman–Crippen LogP) is -0.493. The minimum atomic E-state index is -2.17. The van der Waals surface area contributed by atoms with Gasteiger partial charge in [-0.15, -0.1) is 0 Å². The van der Waals surface area contributed by atoms with E-state index in [4.69, 9.17) is 9.79 Å². The standard InChI is InChI=1S/C3H8N2O4P2/c6-10(7)2-4-1-5-3-11(8)9/h4-5H,1-3H2/p+2. The van der Waals surface area contributed by atoms with Gasteiger partial charge in [-0.25, -0.2) is 0 Å². The maximum atomic E-state index is 10.0. The van der Waals surface area contributed by atoms with E-state index in [-0.39, 0.29) is 19.2 Å². The molecule has 2 unspecified atom stereocenters. The highest BCUT2D eigenvalue weighted by Crippen LogP contribution is 2.09. The number of hydrogen-bond acceptors (Lipinski definition) is 4. The highest BCUT2D eigenvalue weighted by atomic mass is 31.1. The fraction of sp³-hybridized carbons (Fsp3) is 1.00. The van der Waals surface area contributed by atoms with Crippen molar-refractivity contribution in [1.29, 1.82) is 0 Å². The van der Waals surface area contributed by atoms with E-state index < -0.39 is 16.1 Å². The molecule has 0 saturated carbocycles. The van der Waals surface area contributed by atoms with Crippen LogP contribution in [-0.2, 0) is 9.13 Å². The molecular weight excluding hydrogens is 190 g/mol. The van der Waals surface area contributed by atoms with Gasteiger partial charge in [0, 0.05) is 0 Å². The molecule has 0 radical (unpaired) electrons. The molecule has 0 aliphatic heterocycles. The monoisotopic (exact) mass is 200 g/mol. The molecule has 2 atom stereocenters. The van der Waals surface area contributed by atoms with E-state index in [1.165, 1.54) is 0 Å². The number of hydrogen-bond donors (Lipinski definition) is 4. The Morgan fingerprint density at radius 3 is 1.64 bits per heavy atom. The lowest BCUT2D eigenvalue weighted by Crippen LogP contribution is -2.28. The van der Waals surface area contributed by atoms with Gasteiger partial charge in [-0.3, -0.25) is 10.6 Å². The van der Waals surface area contributed by atoms with Crippen LogP contribution in [-0.4, -0.2) is 29.0 Å². The molecule has 8 heteroatoms. The van der Waals surface area contributed by atoms with Crippen molar-refractivity contribution in [3.05, 3.63) is 0 Å². The molecule has 0 fully saturated rings. The lowest BCUT2D eigenvalue weighted by atomic mass is 11.0. The zero-order valence-electron chi connectivity index (χ0n) is 5.73. The maximum Gasteiger partial charge on any atom is 0.521 e. The van der Waals surface area contributed by atoms with Gasteiger partial charge in [0.15, 0.2) is 0 Å². The predicted molar refractivity (Wildman–Crippen MR) is 40.5 cm³/mol. The first kappa shape index (κ1) is 11.0. The first-order valence-corrected chi connectivity index (χ1v) is 5.61. The van der Waals surface area contributed by atoms with Gasteiger partial charge in [0.2, 0.25) is 12.6 Å². The summed E-state index contributed by atoms with van der Waals surface area (Å²) >= 11 is 0. The van der Waals surface area contributed by atoms with E-state index in [9.17, 15) is 9.13 Å². The average molecular weight is 200 g/mol. The Morgan fingerprint density at radius 1 is 1.00 bits per heavy atom. The average Bonchev–Trinajstić information content (AvgIpc) is 1.85. The van der Waals surface area contributed by atoms with E-state index in [1.54, 1.807) is 0 Å². The van der Waals surface area contributed by atoms with Crippen LogP contribution in [0.15, 0.2) is 0 Å². The third kappa shape index (κ3) is 10.0. The molecule has 0 aliphatic rings. The van der Waals surface area contributed by atoms with Crippen LogP contribution in [0.25, 0.3) is 0 Å². The van der Waals surface area contributed by atoms with E-state index in [0.29, 0.717) is 0 Å². The lowest BCUT2D eigenvalue weighted by molar-refractivity contribution is 0.489. The summed E-state index contributed by atoms with van der Waals surface area (Å²) in [5.41, 5.74) is 0. The fourth-order valence-corrected chi connectivity index (χ4v) is 0.998. The van der Waals surface area contributed by atoms with Crippen molar-refractivity contribution in [2.24, 2.45) is 0 Å². The number of nitrogens with one attached hydrogen (secondary N) is 2. The Labute approximate surface area is 65.7 Å². The van der Waals surface area contributed by atoms with Gasteiger partial charge < -0.3 is 0 Å². The van der Waals surface area contributed by atoms with Gasteiger partial charge in [-0.1, -0.05) is 0 Å². The Balaban J connectivity index is 3.03. The first-order chi connectivity index (χ1) is 5.13. The summed E-state index contributed by atoms with van der Waals surface area (Å²) in [5.74, 6) is 0. The molecule has 0 aromatic heterocycles. The maximum absolute atomic E-state index is 10.0. The van der Waals surface area contributed by atoms with E-state index in [1.807, 2.05) is 0 Å². The van der Waals surface area contributed by atoms with E-state index in [0.717, 1.165) is 0 Å². The van der Waals surface area contributed by atoms with E-state index >= 15 is 0 Å². The van der Waals surface area contributed by atoms with Crippen molar-refractivity contribution >= 4 is 16.1 Å². The summed E-state index contributed by atoms with van der Waals surface area (Å²) in [5, 5.41) is 5.11. The van der Waals surface area contributed by atoms with Crippen molar-refractivity contribution in [2.75, 3.05) is 19.2 Å². The van der Waals surface area contributed by atoms with Crippen molar-refractivity contribution < 1.29 is 18.9 Å². The van der Waals surface area contributed by atoms with Crippen LogP contribution in [0.2, 0.25) is 0 Å². The van der Waals surface area contributed by atoms with Crippen LogP contribution < -0.4 is 10.6 Å². The van der Waals surface area contributed by atoms with Gasteiger partial charge in [-0.2, -0.15) is 9.79 Å². The van der Waals surface area contributed by atoms with Crippen LogP contribution >= 0.6 is 16.1 Å². The molecule has 0 amide bonds. The molecule has 11 heavy (non-hydrogen) atoms. The summed E-state index contributed by atoms with van der Waals surface area (Å²) in [6.07, 6.45) is -0.0188. The molecule has 0 aromatic rings. The fourth-order valence-electron chi connectivity index (χ4n) is 0.391. The molecule has 4 N–H and O–H groups in total. The van der Waals surface area contributed by atoms with Crippen LogP contribution in [0.5, 0.6) is 0 Å². The molecule has 0 spiro atoms. The van der Waals surface area contributed by atoms with Crippen molar-refractivity contribution in [3.8, 4) is 0 Å². The van der Waals surface area contributed by atoms with Crippen molar-refractivity contribution in [2.45, 2.75) is 0 Å². The molecule has 0 aromatic carbocycles. The van der Waals surface area contributed by atoms with Crippen LogP contribution in [0.3, 0.4) is 0 Å². The smallest absolute Gasteiger partial charge is 0.261 e. The molecule has 0 saturated heterocycles. The summed E-state index contributed by atoms with van der Waals surface area (Å²) in [4.78, 5) is 16.5. The summed E-state index contributed by atoms with van der Waals surface area (Å²) in [6.45, 7) is 0.253. The molecule has 0 aliphatic carbocycles. The Morgan fingerprint density at radius 2 is 1.36 bits per heavy atom. The van der Waals surface area contributed by atoms with Gasteiger partial charge in [0.1, 0.15) is 0 Å². The van der Waals surface area contributed by atoms with Crippen LogP contribution in [0.4, 0.5) is 0 Å². The highest BCUT2D eigenvalue weighted by Gasteiger charge is 2.10. The highest BCUT2D eigenvalue weighted by molar-refractivity contribution is 7.38. The largest absolute Gasteiger partial charge is 0.521 e. The van der Waals surface area contributed by atoms with Crippen LogP contribution in [0, 0.1) is 0 Å². The topological polar surface area (TPSA) is 98.7 Å². The third-order valence-corrected chi connectivity index (χ3v) is 1.73. The molecule has 0 bridgehead atoms. The quantitative estimate of drug-likeness (QED) is 0.262. The minimum absolute atomic E-state index is 0.00938. The Hall–Kier alpha value is 0.0400. The Bertz CT molecular complexity index is 136. The summed E-state index contributed by atoms with van der Waals surface area (Å²) < 4.78 is 20.1. The third-order valence-electron chi connectivity index (χ3n) is 0.744. The SMILES string of the molecule is O=[P+](O)CNCNC[P+](=O)O. The molecule has 0 rings (SSSR count). The van der Waals surface area contributed by atoms with Gasteiger partial charge in [-0.05, 0) is 9.13 Å². The summed E-state index contributed by atoms with van der Waals surface area (Å²) in [7, 11) is -4.34. The van der Waals surface area contributed by atoms with E-state index in [2.05, 4.69) is 10.6 Å². The van der Waals surface area contributed by atoms with Crippen LogP contribution in [0.1, 0.15) is 0 Å². The molecule has 0 heterocycles. The van der Waals surface area contributed by atoms with Crippen molar-refractivity contribution in [3.63, 3.8) is 0 Å². The van der Waals surface area contributed by atoms with Gasteiger partial charge in [0.25, 0.3) is 0 Å². The normalized spacial score (nSPS) is 12.9. The zero-order chi connectivity index (χ0) is 8.69. The lowest BCUT2D eigenvalue weighted by Gasteiger charge is -1.92. The van der Waals surface area contributed by atoms with Gasteiger partial charge in [0.05, 0.1) is 6.67 Å². The number of rotatable bonds is 6.